The molecule has 0 spiro atoms. The van der Waals surface area contributed by atoms with Crippen molar-refractivity contribution in [3.8, 4) is 0 Å². The first-order valence-electron chi connectivity index (χ1n) is 8.08. The van der Waals surface area contributed by atoms with E-state index in [1.165, 1.54) is 12.8 Å². The summed E-state index contributed by atoms with van der Waals surface area (Å²) in [7, 11) is 0. The molecular weight excluding hydrogens is 278 g/mol. The van der Waals surface area contributed by atoms with Crippen LogP contribution in [0.3, 0.4) is 0 Å². The van der Waals surface area contributed by atoms with E-state index in [0.29, 0.717) is 18.0 Å². The lowest BCUT2D eigenvalue weighted by Gasteiger charge is -2.24. The quantitative estimate of drug-likeness (QED) is 0.881. The van der Waals surface area contributed by atoms with Gasteiger partial charge in [-0.1, -0.05) is 12.1 Å². The highest BCUT2D eigenvalue weighted by Crippen LogP contribution is 2.20. The topological polar surface area (TPSA) is 58.4 Å². The lowest BCUT2D eigenvalue weighted by atomic mass is 10.1. The maximum absolute atomic E-state index is 12.5. The highest BCUT2D eigenvalue weighted by molar-refractivity contribution is 5.76. The van der Waals surface area contributed by atoms with Crippen molar-refractivity contribution in [3.05, 3.63) is 40.9 Å². The number of fused-ring (bicyclic) bond motifs is 1. The molecule has 2 heterocycles. The van der Waals surface area contributed by atoms with E-state index in [1.807, 2.05) is 24.3 Å². The van der Waals surface area contributed by atoms with Crippen LogP contribution in [0.5, 0.6) is 0 Å². The van der Waals surface area contributed by atoms with Crippen LogP contribution in [0, 0.1) is 0 Å². The van der Waals surface area contributed by atoms with Gasteiger partial charge in [0.05, 0.1) is 17.2 Å². The molecule has 0 amide bonds. The molecule has 1 saturated heterocycles. The van der Waals surface area contributed by atoms with Gasteiger partial charge < -0.3 is 5.11 Å². The van der Waals surface area contributed by atoms with Crippen molar-refractivity contribution in [2.24, 2.45) is 0 Å². The van der Waals surface area contributed by atoms with Gasteiger partial charge >= 0.3 is 0 Å². The first-order chi connectivity index (χ1) is 10.8. The normalized spacial score (nSPS) is 19.0. The Hall–Kier alpha value is -1.72. The van der Waals surface area contributed by atoms with Crippen LogP contribution in [-0.2, 0) is 6.54 Å². The summed E-state index contributed by atoms with van der Waals surface area (Å²) in [5, 5.41) is 9.67. The minimum atomic E-state index is 0.0386. The monoisotopic (exact) mass is 301 g/mol. The molecule has 2 aromatic rings. The average Bonchev–Trinajstić information content (AvgIpc) is 3.00. The van der Waals surface area contributed by atoms with Crippen molar-refractivity contribution in [3.63, 3.8) is 0 Å². The summed E-state index contributed by atoms with van der Waals surface area (Å²) in [6.45, 7) is 2.90. The maximum Gasteiger partial charge on any atom is 0.261 e. The molecule has 1 unspecified atom stereocenters. The van der Waals surface area contributed by atoms with Gasteiger partial charge in [-0.2, -0.15) is 0 Å². The van der Waals surface area contributed by atoms with Crippen molar-refractivity contribution in [2.45, 2.75) is 38.3 Å². The van der Waals surface area contributed by atoms with Gasteiger partial charge in [-0.3, -0.25) is 14.3 Å². The standard InChI is InChI=1S/C17H23N3O2/c21-12-4-6-14-5-3-9-19(14)10-11-20-13-18-16-8-2-1-7-15(16)17(20)22/h1-2,7-8,13-14,21H,3-6,9-12H2. The molecule has 1 fully saturated rings. The molecule has 5 nitrogen and oxygen atoms in total. The van der Waals surface area contributed by atoms with Crippen LogP contribution in [0.1, 0.15) is 25.7 Å². The Morgan fingerprint density at radius 1 is 1.27 bits per heavy atom. The number of aliphatic hydroxyl groups is 1. The molecule has 0 aliphatic carbocycles. The van der Waals surface area contributed by atoms with E-state index in [1.54, 1.807) is 10.9 Å². The van der Waals surface area contributed by atoms with Gasteiger partial charge in [-0.25, -0.2) is 4.98 Å². The number of benzene rings is 1. The summed E-state index contributed by atoms with van der Waals surface area (Å²) in [6, 6.07) is 8.03. The number of likely N-dealkylation sites (tertiary alicyclic amines) is 1. The summed E-state index contributed by atoms with van der Waals surface area (Å²) >= 11 is 0. The van der Waals surface area contributed by atoms with E-state index >= 15 is 0 Å². The van der Waals surface area contributed by atoms with Crippen molar-refractivity contribution in [2.75, 3.05) is 19.7 Å². The summed E-state index contributed by atoms with van der Waals surface area (Å²) in [5.41, 5.74) is 0.794. The number of hydrogen-bond acceptors (Lipinski definition) is 4. The molecule has 1 aromatic heterocycles. The van der Waals surface area contributed by atoms with Crippen LogP contribution in [0.15, 0.2) is 35.4 Å². The molecule has 118 valence electrons. The zero-order valence-electron chi connectivity index (χ0n) is 12.8. The maximum atomic E-state index is 12.5. The molecule has 1 N–H and O–H groups in total. The lowest BCUT2D eigenvalue weighted by molar-refractivity contribution is 0.210. The zero-order valence-corrected chi connectivity index (χ0v) is 12.8. The molecule has 1 aliphatic heterocycles. The second-order valence-electron chi connectivity index (χ2n) is 5.96. The van der Waals surface area contributed by atoms with Crippen LogP contribution in [0.25, 0.3) is 10.9 Å². The predicted molar refractivity (Wildman–Crippen MR) is 86.9 cm³/mol. The van der Waals surface area contributed by atoms with Crippen molar-refractivity contribution in [1.82, 2.24) is 14.5 Å². The summed E-state index contributed by atoms with van der Waals surface area (Å²) < 4.78 is 1.71. The third-order valence-electron chi connectivity index (χ3n) is 4.55. The smallest absolute Gasteiger partial charge is 0.261 e. The van der Waals surface area contributed by atoms with Gasteiger partial charge in [0.1, 0.15) is 0 Å². The molecular formula is C17H23N3O2. The molecule has 0 saturated carbocycles. The van der Waals surface area contributed by atoms with Gasteiger partial charge in [0.25, 0.3) is 5.56 Å². The van der Waals surface area contributed by atoms with E-state index in [0.717, 1.165) is 31.4 Å². The van der Waals surface area contributed by atoms with Gasteiger partial charge in [-0.05, 0) is 44.4 Å². The lowest BCUT2D eigenvalue weighted by Crippen LogP contribution is -2.34. The Bertz CT molecular complexity index is 683. The Labute approximate surface area is 130 Å². The Morgan fingerprint density at radius 3 is 3.00 bits per heavy atom. The van der Waals surface area contributed by atoms with Crippen molar-refractivity contribution in [1.29, 1.82) is 0 Å². The van der Waals surface area contributed by atoms with Crippen LogP contribution >= 0.6 is 0 Å². The molecule has 22 heavy (non-hydrogen) atoms. The number of nitrogens with zero attached hydrogens (tertiary/aromatic N) is 3. The summed E-state index contributed by atoms with van der Waals surface area (Å²) in [5.74, 6) is 0. The largest absolute Gasteiger partial charge is 0.396 e. The van der Waals surface area contributed by atoms with Crippen LogP contribution < -0.4 is 5.56 Å². The van der Waals surface area contributed by atoms with E-state index in [9.17, 15) is 4.79 Å². The average molecular weight is 301 g/mol. The molecule has 1 atom stereocenters. The first kappa shape index (κ1) is 15.2. The fourth-order valence-electron chi connectivity index (χ4n) is 3.34. The molecule has 0 radical (unpaired) electrons. The van der Waals surface area contributed by atoms with Gasteiger partial charge in [0.2, 0.25) is 0 Å². The molecule has 5 heteroatoms. The number of aliphatic hydroxyl groups excluding tert-OH is 1. The predicted octanol–water partition coefficient (Wildman–Crippen LogP) is 1.63. The fourth-order valence-corrected chi connectivity index (χ4v) is 3.34. The van der Waals surface area contributed by atoms with E-state index < -0.39 is 0 Å². The highest BCUT2D eigenvalue weighted by Gasteiger charge is 2.23. The minimum Gasteiger partial charge on any atom is -0.396 e. The van der Waals surface area contributed by atoms with E-state index in [4.69, 9.17) is 5.11 Å². The van der Waals surface area contributed by atoms with Gasteiger partial charge in [0, 0.05) is 25.7 Å². The molecule has 3 rings (SSSR count). The number of hydrogen-bond donors (Lipinski definition) is 1. The number of rotatable bonds is 6. The van der Waals surface area contributed by atoms with Gasteiger partial charge in [0.15, 0.2) is 0 Å². The number of para-hydroxylation sites is 1. The molecule has 0 bridgehead atoms. The van der Waals surface area contributed by atoms with E-state index in [2.05, 4.69) is 9.88 Å². The van der Waals surface area contributed by atoms with Crippen LogP contribution in [0.4, 0.5) is 0 Å². The third-order valence-corrected chi connectivity index (χ3v) is 4.55. The second-order valence-corrected chi connectivity index (χ2v) is 5.96. The third kappa shape index (κ3) is 3.20. The van der Waals surface area contributed by atoms with Gasteiger partial charge in [-0.15, -0.1) is 0 Å². The molecule has 1 aromatic carbocycles. The van der Waals surface area contributed by atoms with Crippen LogP contribution in [-0.4, -0.2) is 45.3 Å². The SMILES string of the molecule is O=c1c2ccccc2ncn1CCN1CCCC1CCCO. The van der Waals surface area contributed by atoms with Crippen molar-refractivity contribution < 1.29 is 5.11 Å². The highest BCUT2D eigenvalue weighted by atomic mass is 16.2. The second kappa shape index (κ2) is 7.03. The first-order valence-corrected chi connectivity index (χ1v) is 8.08. The summed E-state index contributed by atoms with van der Waals surface area (Å²) in [6.07, 6.45) is 5.97. The van der Waals surface area contributed by atoms with Crippen LogP contribution in [0.2, 0.25) is 0 Å². The Balaban J connectivity index is 1.69. The molecule has 1 aliphatic rings. The Morgan fingerprint density at radius 2 is 2.14 bits per heavy atom. The summed E-state index contributed by atoms with van der Waals surface area (Å²) in [4.78, 5) is 19.3. The van der Waals surface area contributed by atoms with Crippen molar-refractivity contribution >= 4 is 10.9 Å². The zero-order chi connectivity index (χ0) is 15.4. The van der Waals surface area contributed by atoms with E-state index in [-0.39, 0.29) is 12.2 Å². The minimum absolute atomic E-state index is 0.0386. The number of aromatic nitrogens is 2. The Kier molecular flexibility index (Phi) is 4.85. The fraction of sp³-hybridized carbons (Fsp3) is 0.529.